The molecular formula is C37H25NO7S3. The number of benzene rings is 5. The van der Waals surface area contributed by atoms with Gasteiger partial charge in [0.2, 0.25) is 0 Å². The summed E-state index contributed by atoms with van der Waals surface area (Å²) in [5, 5.41) is 24.0. The normalized spacial score (nSPS) is 13.0. The molecule has 0 spiro atoms. The first-order valence-corrected chi connectivity index (χ1v) is 17.6. The molecule has 0 saturated heterocycles. The van der Waals surface area contributed by atoms with Crippen LogP contribution in [0.4, 0.5) is 5.69 Å². The summed E-state index contributed by atoms with van der Waals surface area (Å²) in [6, 6.07) is 26.7. The minimum Gasteiger partial charge on any atom is -0.600 e. The number of nitrogens with one attached hydrogen (secondary N) is 1. The Balaban J connectivity index is 1.16. The summed E-state index contributed by atoms with van der Waals surface area (Å²) in [7, 11) is -0.140. The molecule has 0 bridgehead atoms. The van der Waals surface area contributed by atoms with Crippen molar-refractivity contribution in [2.45, 2.75) is 16.7 Å². The average molecular weight is 692 g/mol. The lowest BCUT2D eigenvalue weighted by atomic mass is 9.90. The second kappa shape index (κ2) is 12.9. The molecule has 3 N–H and O–H groups in total. The van der Waals surface area contributed by atoms with E-state index in [4.69, 9.17) is 21.4 Å². The van der Waals surface area contributed by atoms with E-state index in [9.17, 15) is 24.4 Å². The number of rotatable bonds is 7. The molecule has 0 fully saturated rings. The number of hydrogen-bond acceptors (Lipinski definition) is 8. The molecule has 1 aliphatic carbocycles. The van der Waals surface area contributed by atoms with Crippen LogP contribution in [0.1, 0.15) is 28.4 Å². The minimum atomic E-state index is -1.36. The molecule has 0 aromatic heterocycles. The second-order valence-corrected chi connectivity index (χ2v) is 14.4. The van der Waals surface area contributed by atoms with E-state index in [0.717, 1.165) is 21.8 Å². The molecule has 4 aromatic rings. The molecule has 1 atom stereocenters. The largest absolute Gasteiger partial charge is 0.600 e. The van der Waals surface area contributed by atoms with E-state index >= 15 is 0 Å². The molecule has 8 nitrogen and oxygen atoms in total. The van der Waals surface area contributed by atoms with Crippen LogP contribution >= 0.6 is 23.0 Å². The molecule has 2 heterocycles. The average Bonchev–Trinajstić information content (AvgIpc) is 3.07. The molecule has 1 unspecified atom stereocenters. The first-order valence-electron chi connectivity index (χ1n) is 14.7. The topological polar surface area (TPSA) is 132 Å². The number of anilines is 1. The predicted molar refractivity (Wildman–Crippen MR) is 193 cm³/mol. The zero-order chi connectivity index (χ0) is 33.5. The predicted octanol–water partition coefficient (Wildman–Crippen LogP) is 8.37. The van der Waals surface area contributed by atoms with Crippen molar-refractivity contribution >= 4 is 66.4 Å². The Hall–Kier alpha value is -5.07. The summed E-state index contributed by atoms with van der Waals surface area (Å²) in [5.41, 5.74) is 4.88. The van der Waals surface area contributed by atoms with E-state index in [1.54, 1.807) is 24.3 Å². The Labute approximate surface area is 286 Å². The fourth-order valence-corrected chi connectivity index (χ4v) is 8.20. The van der Waals surface area contributed by atoms with Crippen molar-refractivity contribution in [3.63, 3.8) is 0 Å². The van der Waals surface area contributed by atoms with E-state index in [2.05, 4.69) is 5.32 Å². The van der Waals surface area contributed by atoms with Gasteiger partial charge in [-0.2, -0.15) is 0 Å². The highest BCUT2D eigenvalue weighted by Gasteiger charge is 2.23. The number of aromatic carboxylic acids is 1. The van der Waals surface area contributed by atoms with Gasteiger partial charge in [0.15, 0.2) is 10.3 Å². The van der Waals surface area contributed by atoms with Crippen LogP contribution in [0, 0.1) is 0 Å². The molecule has 11 heteroatoms. The summed E-state index contributed by atoms with van der Waals surface area (Å²) in [5.74, 6) is -0.189. The number of carboxylic acids is 1. The molecule has 4 aromatic carbocycles. The van der Waals surface area contributed by atoms with Crippen molar-refractivity contribution in [3.05, 3.63) is 130 Å². The van der Waals surface area contributed by atoms with Gasteiger partial charge in [0, 0.05) is 51.5 Å². The number of hydrogen-bond donors (Lipinski definition) is 3. The third-order valence-electron chi connectivity index (χ3n) is 7.94. The third kappa shape index (κ3) is 6.16. The number of phenolic OH excluding ortho intramolecular Hbond substituents is 1. The highest BCUT2D eigenvalue weighted by Crippen LogP contribution is 2.43. The van der Waals surface area contributed by atoms with Gasteiger partial charge in [-0.25, -0.2) is 4.79 Å². The van der Waals surface area contributed by atoms with Gasteiger partial charge in [0.1, 0.15) is 45.2 Å². The van der Waals surface area contributed by atoms with E-state index in [-0.39, 0.29) is 22.5 Å². The number of ether oxygens (including phenoxy) is 1. The zero-order valence-corrected chi connectivity index (χ0v) is 27.6. The maximum atomic E-state index is 13.2. The second-order valence-electron chi connectivity index (χ2n) is 11.0. The lowest BCUT2D eigenvalue weighted by Crippen LogP contribution is -2.11. The highest BCUT2D eigenvalue weighted by molar-refractivity contribution is 8.72. The molecule has 2 aliphatic heterocycles. The summed E-state index contributed by atoms with van der Waals surface area (Å²) in [4.78, 5) is 26.4. The SMILES string of the molecule is CC1=CCOc2cc([S+]([O-])Sc3ccc(C(=S)Nc4ccc(C(=O)O)c(-c5c6ccc(=O)cc-6oc6cc(O)ccc56)c4)cc3)ccc21. The Morgan fingerprint density at radius 3 is 2.52 bits per heavy atom. The number of thiocarbonyl (C=S) groups is 1. The van der Waals surface area contributed by atoms with Gasteiger partial charge in [-0.15, -0.1) is 0 Å². The standard InChI is InChI=1S/C37H25NO7S3/c1-20-14-15-44-32-19-26(9-13-27(20)32)48(43)47-25-7-2-21(3-8-25)36(46)38-22-4-10-28(37(41)42)31(16-22)35-29-11-5-23(39)17-33(29)45-34-18-24(40)6-12-30(34)35/h2-14,16-19,39H,15H2,1H3,(H,38,46)(H,41,42). The Kier molecular flexibility index (Phi) is 8.44. The summed E-state index contributed by atoms with van der Waals surface area (Å²) < 4.78 is 24.8. The van der Waals surface area contributed by atoms with Gasteiger partial charge in [0.05, 0.1) is 20.7 Å². The summed E-state index contributed by atoms with van der Waals surface area (Å²) in [6.45, 7) is 2.52. The molecular weight excluding hydrogens is 667 g/mol. The number of carbonyl (C=O) groups is 1. The lowest BCUT2D eigenvalue weighted by molar-refractivity contribution is 0.0697. The van der Waals surface area contributed by atoms with Crippen molar-refractivity contribution in [2.24, 2.45) is 0 Å². The van der Waals surface area contributed by atoms with Crippen LogP contribution in [0.3, 0.4) is 0 Å². The molecule has 3 aliphatic rings. The van der Waals surface area contributed by atoms with Gasteiger partial charge >= 0.3 is 5.97 Å². The summed E-state index contributed by atoms with van der Waals surface area (Å²) in [6.07, 6.45) is 2.01. The molecule has 7 rings (SSSR count). The van der Waals surface area contributed by atoms with Gasteiger partial charge in [0.25, 0.3) is 0 Å². The van der Waals surface area contributed by atoms with Crippen LogP contribution < -0.4 is 15.5 Å². The van der Waals surface area contributed by atoms with Crippen molar-refractivity contribution < 1.29 is 28.7 Å². The van der Waals surface area contributed by atoms with Gasteiger partial charge < -0.3 is 29.2 Å². The first kappa shape index (κ1) is 31.5. The van der Waals surface area contributed by atoms with E-state index in [0.29, 0.717) is 55.4 Å². The lowest BCUT2D eigenvalue weighted by Gasteiger charge is -2.18. The third-order valence-corrected chi connectivity index (χ3v) is 11.1. The van der Waals surface area contributed by atoms with Crippen LogP contribution in [0.15, 0.2) is 122 Å². The monoisotopic (exact) mass is 691 g/mol. The number of phenols is 1. The van der Waals surface area contributed by atoms with Crippen LogP contribution in [-0.2, 0) is 10.2 Å². The Bertz CT molecular complexity index is 2310. The quantitative estimate of drug-likeness (QED) is 0.0649. The van der Waals surface area contributed by atoms with Crippen molar-refractivity contribution in [3.8, 4) is 33.9 Å². The van der Waals surface area contributed by atoms with E-state index in [1.807, 2.05) is 55.5 Å². The van der Waals surface area contributed by atoms with Crippen molar-refractivity contribution in [2.75, 3.05) is 11.9 Å². The number of allylic oxidation sites excluding steroid dienone is 1. The summed E-state index contributed by atoms with van der Waals surface area (Å²) >= 11 is 5.71. The molecule has 0 amide bonds. The van der Waals surface area contributed by atoms with Gasteiger partial charge in [-0.3, -0.25) is 4.79 Å². The number of aromatic hydroxyl groups is 1. The minimum absolute atomic E-state index is 0.0333. The molecule has 48 heavy (non-hydrogen) atoms. The molecule has 238 valence electrons. The van der Waals surface area contributed by atoms with Crippen LogP contribution in [-0.4, -0.2) is 32.3 Å². The first-order chi connectivity index (χ1) is 23.1. The van der Waals surface area contributed by atoms with Crippen molar-refractivity contribution in [1.29, 1.82) is 0 Å². The van der Waals surface area contributed by atoms with E-state index in [1.165, 1.54) is 41.1 Å². The van der Waals surface area contributed by atoms with Crippen LogP contribution in [0.5, 0.6) is 11.5 Å². The smallest absolute Gasteiger partial charge is 0.336 e. The number of carboxylic acid groups (broad SMARTS) is 1. The Morgan fingerprint density at radius 2 is 1.73 bits per heavy atom. The maximum Gasteiger partial charge on any atom is 0.336 e. The maximum absolute atomic E-state index is 13.2. The zero-order valence-electron chi connectivity index (χ0n) is 25.2. The van der Waals surface area contributed by atoms with Gasteiger partial charge in [-0.05, 0) is 90.9 Å². The van der Waals surface area contributed by atoms with E-state index < -0.39 is 16.2 Å². The highest BCUT2D eigenvalue weighted by atomic mass is 33.1. The van der Waals surface area contributed by atoms with Crippen LogP contribution in [0.2, 0.25) is 0 Å². The van der Waals surface area contributed by atoms with Crippen molar-refractivity contribution in [1.82, 2.24) is 0 Å². The fourth-order valence-electron chi connectivity index (χ4n) is 5.58. The number of fused-ring (bicyclic) bond motifs is 3. The van der Waals surface area contributed by atoms with Gasteiger partial charge in [-0.1, -0.05) is 24.4 Å². The fraction of sp³-hybridized carbons (Fsp3) is 0.0541. The van der Waals surface area contributed by atoms with Crippen LogP contribution in [0.25, 0.3) is 39.0 Å². The Morgan fingerprint density at radius 1 is 0.938 bits per heavy atom. The molecule has 0 radical (unpaired) electrons. The molecule has 0 saturated carbocycles.